The molecule has 0 spiro atoms. The zero-order valence-electron chi connectivity index (χ0n) is 10.6. The molecule has 0 saturated carbocycles. The lowest BCUT2D eigenvalue weighted by Crippen LogP contribution is -2.19. The molecule has 2 rings (SSSR count). The van der Waals surface area contributed by atoms with Crippen molar-refractivity contribution in [3.8, 4) is 0 Å². The van der Waals surface area contributed by atoms with Gasteiger partial charge in [0.1, 0.15) is 5.76 Å². The lowest BCUT2D eigenvalue weighted by atomic mass is 10.2. The molecule has 6 heteroatoms. The highest BCUT2D eigenvalue weighted by Gasteiger charge is 2.02. The van der Waals surface area contributed by atoms with Gasteiger partial charge in [0.25, 0.3) is 0 Å². The normalized spacial score (nSPS) is 10.8. The van der Waals surface area contributed by atoms with E-state index in [0.717, 1.165) is 10.2 Å². The average molecular weight is 353 g/mol. The number of thioether (sulfide) groups is 1. The van der Waals surface area contributed by atoms with Crippen molar-refractivity contribution >= 4 is 39.8 Å². The summed E-state index contributed by atoms with van der Waals surface area (Å²) in [4.78, 5) is 11.6. The maximum absolute atomic E-state index is 11.6. The highest BCUT2D eigenvalue weighted by Crippen LogP contribution is 2.20. The molecule has 20 heavy (non-hydrogen) atoms. The van der Waals surface area contributed by atoms with Crippen LogP contribution in [0.5, 0.6) is 0 Å². The molecule has 0 atom stereocenters. The molecule has 0 saturated heterocycles. The van der Waals surface area contributed by atoms with Crippen LogP contribution in [-0.2, 0) is 10.5 Å². The summed E-state index contributed by atoms with van der Waals surface area (Å²) < 4.78 is 6.12. The van der Waals surface area contributed by atoms with Crippen LogP contribution in [0.3, 0.4) is 0 Å². The smallest absolute Gasteiger partial charge is 0.250 e. The Kier molecular flexibility index (Phi) is 5.88. The summed E-state index contributed by atoms with van der Waals surface area (Å²) in [6.07, 6.45) is 3.02. The van der Waals surface area contributed by atoms with Crippen molar-refractivity contribution in [3.05, 3.63) is 58.5 Å². The first-order valence-corrected chi connectivity index (χ1v) is 7.87. The molecule has 0 fully saturated rings. The molecule has 2 aromatic rings. The van der Waals surface area contributed by atoms with Crippen LogP contribution >= 0.6 is 27.7 Å². The summed E-state index contributed by atoms with van der Waals surface area (Å²) in [5, 5.41) is 3.82. The van der Waals surface area contributed by atoms with E-state index in [-0.39, 0.29) is 5.91 Å². The van der Waals surface area contributed by atoms with Crippen LogP contribution < -0.4 is 5.43 Å². The zero-order chi connectivity index (χ0) is 14.2. The number of carbonyl (C=O) groups is 1. The van der Waals surface area contributed by atoms with Gasteiger partial charge in [0, 0.05) is 10.2 Å². The van der Waals surface area contributed by atoms with Crippen molar-refractivity contribution in [2.24, 2.45) is 5.10 Å². The van der Waals surface area contributed by atoms with Gasteiger partial charge in [-0.2, -0.15) is 5.10 Å². The Labute approximate surface area is 129 Å². The SMILES string of the molecule is O=C(CSCc1ccccc1Br)N/N=C\c1ccco1. The van der Waals surface area contributed by atoms with E-state index in [1.165, 1.54) is 23.5 Å². The second-order valence-corrected chi connectivity index (χ2v) is 5.73. The minimum atomic E-state index is -0.134. The van der Waals surface area contributed by atoms with Crippen molar-refractivity contribution in [3.63, 3.8) is 0 Å². The quantitative estimate of drug-likeness (QED) is 0.640. The van der Waals surface area contributed by atoms with E-state index < -0.39 is 0 Å². The van der Waals surface area contributed by atoms with Crippen LogP contribution in [0.4, 0.5) is 0 Å². The molecule has 0 bridgehead atoms. The molecule has 1 N–H and O–H groups in total. The largest absolute Gasteiger partial charge is 0.463 e. The van der Waals surface area contributed by atoms with Crippen molar-refractivity contribution in [1.82, 2.24) is 5.43 Å². The molecule has 0 radical (unpaired) electrons. The maximum atomic E-state index is 11.6. The standard InChI is InChI=1S/C14H13BrN2O2S/c15-13-6-2-1-4-11(13)9-20-10-14(18)17-16-8-12-5-3-7-19-12/h1-8H,9-10H2,(H,17,18)/b16-8-. The topological polar surface area (TPSA) is 54.6 Å². The molecule has 104 valence electrons. The van der Waals surface area contributed by atoms with E-state index in [0.29, 0.717) is 11.5 Å². The fourth-order valence-electron chi connectivity index (χ4n) is 1.43. The van der Waals surface area contributed by atoms with Gasteiger partial charge in [0.15, 0.2) is 0 Å². The van der Waals surface area contributed by atoms with Crippen molar-refractivity contribution in [1.29, 1.82) is 0 Å². The van der Waals surface area contributed by atoms with E-state index in [1.54, 1.807) is 18.4 Å². The Balaban J connectivity index is 1.69. The predicted octanol–water partition coefficient (Wildman–Crippen LogP) is 3.43. The van der Waals surface area contributed by atoms with Crippen LogP contribution in [0.1, 0.15) is 11.3 Å². The highest BCUT2D eigenvalue weighted by atomic mass is 79.9. The third-order valence-corrected chi connectivity index (χ3v) is 4.13. The van der Waals surface area contributed by atoms with Gasteiger partial charge in [0.05, 0.1) is 18.2 Å². The van der Waals surface area contributed by atoms with E-state index >= 15 is 0 Å². The molecule has 0 unspecified atom stereocenters. The third-order valence-electron chi connectivity index (χ3n) is 2.37. The van der Waals surface area contributed by atoms with E-state index in [9.17, 15) is 4.79 Å². The van der Waals surface area contributed by atoms with Crippen LogP contribution in [0.15, 0.2) is 56.7 Å². The van der Waals surface area contributed by atoms with Crippen LogP contribution in [0.25, 0.3) is 0 Å². The Morgan fingerprint density at radius 1 is 1.35 bits per heavy atom. The number of halogens is 1. The van der Waals surface area contributed by atoms with Gasteiger partial charge in [-0.1, -0.05) is 34.1 Å². The maximum Gasteiger partial charge on any atom is 0.250 e. The Hall–Kier alpha value is -1.53. The van der Waals surface area contributed by atoms with Crippen LogP contribution in [0.2, 0.25) is 0 Å². The molecule has 1 amide bonds. The van der Waals surface area contributed by atoms with Crippen molar-refractivity contribution in [2.45, 2.75) is 5.75 Å². The minimum Gasteiger partial charge on any atom is -0.463 e. The summed E-state index contributed by atoms with van der Waals surface area (Å²) in [5.41, 5.74) is 3.63. The number of nitrogens with zero attached hydrogens (tertiary/aromatic N) is 1. The molecule has 0 aliphatic carbocycles. The third kappa shape index (κ3) is 4.86. The number of nitrogens with one attached hydrogen (secondary N) is 1. The molecule has 1 aromatic heterocycles. The first kappa shape index (κ1) is 14.9. The van der Waals surface area contributed by atoms with Crippen LogP contribution in [-0.4, -0.2) is 17.9 Å². The molecule has 4 nitrogen and oxygen atoms in total. The second-order valence-electron chi connectivity index (χ2n) is 3.89. The number of amides is 1. The molecule has 1 aromatic carbocycles. The average Bonchev–Trinajstić information content (AvgIpc) is 2.94. The summed E-state index contributed by atoms with van der Waals surface area (Å²) in [5.74, 6) is 1.60. The number of hydrazone groups is 1. The fraction of sp³-hybridized carbons (Fsp3) is 0.143. The van der Waals surface area contributed by atoms with Gasteiger partial charge in [-0.25, -0.2) is 5.43 Å². The lowest BCUT2D eigenvalue weighted by Gasteiger charge is -2.03. The van der Waals surface area contributed by atoms with E-state index in [1.807, 2.05) is 24.3 Å². The zero-order valence-corrected chi connectivity index (χ0v) is 13.0. The fourth-order valence-corrected chi connectivity index (χ4v) is 2.87. The number of rotatable bonds is 6. The van der Waals surface area contributed by atoms with Gasteiger partial charge in [-0.3, -0.25) is 4.79 Å². The number of hydrogen-bond acceptors (Lipinski definition) is 4. The first-order valence-electron chi connectivity index (χ1n) is 5.92. The summed E-state index contributed by atoms with van der Waals surface area (Å²) in [6, 6.07) is 11.5. The van der Waals surface area contributed by atoms with Gasteiger partial charge in [0.2, 0.25) is 5.91 Å². The lowest BCUT2D eigenvalue weighted by molar-refractivity contribution is -0.118. The van der Waals surface area contributed by atoms with Gasteiger partial charge in [-0.15, -0.1) is 11.8 Å². The summed E-state index contributed by atoms with van der Waals surface area (Å²) >= 11 is 5.02. The van der Waals surface area contributed by atoms with E-state index in [4.69, 9.17) is 4.42 Å². The Bertz CT molecular complexity index is 585. The number of benzene rings is 1. The molecule has 1 heterocycles. The minimum absolute atomic E-state index is 0.134. The molecule has 0 aliphatic heterocycles. The first-order chi connectivity index (χ1) is 9.75. The van der Waals surface area contributed by atoms with Crippen molar-refractivity contribution < 1.29 is 9.21 Å². The number of hydrogen-bond donors (Lipinski definition) is 1. The van der Waals surface area contributed by atoms with Gasteiger partial charge >= 0.3 is 0 Å². The summed E-state index contributed by atoms with van der Waals surface area (Å²) in [6.45, 7) is 0. The van der Waals surface area contributed by atoms with Gasteiger partial charge < -0.3 is 4.42 Å². The second kappa shape index (κ2) is 7.91. The molecular weight excluding hydrogens is 340 g/mol. The summed E-state index contributed by atoms with van der Waals surface area (Å²) in [7, 11) is 0. The number of carbonyl (C=O) groups excluding carboxylic acids is 1. The number of furan rings is 1. The van der Waals surface area contributed by atoms with Crippen LogP contribution in [0, 0.1) is 0 Å². The highest BCUT2D eigenvalue weighted by molar-refractivity contribution is 9.10. The molecular formula is C14H13BrN2O2S. The monoisotopic (exact) mass is 352 g/mol. The van der Waals surface area contributed by atoms with E-state index in [2.05, 4.69) is 26.5 Å². The Morgan fingerprint density at radius 2 is 2.20 bits per heavy atom. The van der Waals surface area contributed by atoms with Crippen molar-refractivity contribution in [2.75, 3.05) is 5.75 Å². The Morgan fingerprint density at radius 3 is 2.95 bits per heavy atom. The van der Waals surface area contributed by atoms with Gasteiger partial charge in [-0.05, 0) is 23.8 Å². The predicted molar refractivity (Wildman–Crippen MR) is 84.7 cm³/mol. The molecule has 0 aliphatic rings.